The zero-order valence-corrected chi connectivity index (χ0v) is 71.0. The number of methoxy groups -OCH3 is 3. The number of hydrogen-bond acceptors (Lipinski definition) is 37. The summed E-state index contributed by atoms with van der Waals surface area (Å²) in [5, 5.41) is 32.3. The van der Waals surface area contributed by atoms with Gasteiger partial charge in [0.2, 0.25) is 11.8 Å². The van der Waals surface area contributed by atoms with Crippen molar-refractivity contribution in [1.82, 2.24) is 40.5 Å². The lowest BCUT2D eigenvalue weighted by molar-refractivity contribution is -0.199. The Morgan fingerprint density at radius 2 is 0.576 bits per heavy atom. The summed E-state index contributed by atoms with van der Waals surface area (Å²) >= 11 is 0. The molecular formula is C78H121N9O38. The summed E-state index contributed by atoms with van der Waals surface area (Å²) < 4.78 is 78.3. The fraction of sp³-hybridized carbons (Fsp3) is 0.692. The van der Waals surface area contributed by atoms with Gasteiger partial charge in [0.15, 0.2) is 0 Å². The highest BCUT2D eigenvalue weighted by atomic mass is 16.7. The van der Waals surface area contributed by atoms with Crippen LogP contribution in [0.15, 0.2) is 36.5 Å². The fourth-order valence-electron chi connectivity index (χ4n) is 10.4. The van der Waals surface area contributed by atoms with E-state index in [4.69, 9.17) is 96.8 Å². The number of imide groups is 6. The Balaban J connectivity index is 0.000000568. The highest BCUT2D eigenvalue weighted by molar-refractivity contribution is 6.14. The molecular weight excluding hydrogens is 1670 g/mol. The molecule has 0 aromatic heterocycles. The predicted octanol–water partition coefficient (Wildman–Crippen LogP) is -2.25. The van der Waals surface area contributed by atoms with Gasteiger partial charge in [-0.3, -0.25) is 91.8 Å². The van der Waals surface area contributed by atoms with Crippen molar-refractivity contribution in [2.45, 2.75) is 134 Å². The van der Waals surface area contributed by atoms with Crippen molar-refractivity contribution in [2.24, 2.45) is 5.73 Å². The van der Waals surface area contributed by atoms with Gasteiger partial charge in [0.1, 0.15) is 18.1 Å². The summed E-state index contributed by atoms with van der Waals surface area (Å²) in [5.74, 6) is -10.2. The summed E-state index contributed by atoms with van der Waals surface area (Å²) in [7, 11) is 4.83. The Bertz CT molecular complexity index is 3340. The smallest absolute Gasteiger partial charge is 0.355 e. The van der Waals surface area contributed by atoms with E-state index in [-0.39, 0.29) is 139 Å². The maximum absolute atomic E-state index is 12.7. The van der Waals surface area contributed by atoms with Crippen LogP contribution >= 0.6 is 0 Å². The van der Waals surface area contributed by atoms with Crippen LogP contribution in [0.2, 0.25) is 0 Å². The molecule has 47 nitrogen and oxygen atoms in total. The summed E-state index contributed by atoms with van der Waals surface area (Å²) in [6.07, 6.45) is 10.8. The fourth-order valence-corrected chi connectivity index (χ4v) is 10.4. The molecule has 0 aromatic carbocycles. The minimum Gasteiger partial charge on any atom is -0.480 e. The Labute approximate surface area is 722 Å². The molecule has 125 heavy (non-hydrogen) atoms. The van der Waals surface area contributed by atoms with Gasteiger partial charge in [-0.2, -0.15) is 5.06 Å². The van der Waals surface area contributed by atoms with Gasteiger partial charge in [-0.05, 0) is 57.8 Å². The lowest BCUT2D eigenvalue weighted by Gasteiger charge is -2.20. The first-order valence-corrected chi connectivity index (χ1v) is 40.7. The molecule has 14 amide bonds. The Morgan fingerprint density at radius 1 is 0.328 bits per heavy atom. The molecule has 0 spiro atoms. The van der Waals surface area contributed by atoms with Gasteiger partial charge in [-0.15, -0.1) is 10.1 Å². The Morgan fingerprint density at radius 3 is 0.848 bits per heavy atom. The van der Waals surface area contributed by atoms with Gasteiger partial charge in [-0.25, -0.2) is 14.4 Å². The molecule has 6 aliphatic rings. The van der Waals surface area contributed by atoms with Crippen LogP contribution in [0.1, 0.15) is 116 Å². The highest BCUT2D eigenvalue weighted by Crippen LogP contribution is 2.17. The number of hydroxylamine groups is 6. The van der Waals surface area contributed by atoms with Crippen molar-refractivity contribution in [1.29, 1.82) is 0 Å². The standard InChI is InChI=1S/C26H39N3O12.C22H36N2O10.C16H27NO9.C10H14N2O4.C4H5NO3/c1-36-12-13-38-16-17-40-19-18-39-15-14-37-11-9-21(30)27-20(26(35)41-29-24(33)7-8-25(29)34)4-2-3-10-28-22(31)5-6-23(28)32;1-30-10-11-32-14-15-34-17-16-33-13-12-31-9-7-19(25)23-18(22(28)29)4-2-3-8-24-20(26)5-6-21(24)27;1-21-6-7-23-10-11-25-13-12-24-9-8-22-5-4-16(20)26-17-14(18)2-3-15(17)19;11-7(10(15)16)3-1-2-6-12-8(13)4-5-9(12)14;6-3-1-2-4(7)5(3)8/h5-6,20H,2-4,7-19H2,1H3,(H,27,30);5-6,18H,2-4,7-17H2,1H3,(H,23,25)(H,28,29);2-13H2,1H3;4-5,7H,1-3,6,11H2,(H,15,16);8H,1-2H2/t20-;18-;;7-;/m00.0./s1. The monoisotopic (exact) mass is 1790 g/mol. The Hall–Kier alpha value is -9.80. The van der Waals surface area contributed by atoms with Crippen LogP contribution in [0.4, 0.5) is 0 Å². The summed E-state index contributed by atoms with van der Waals surface area (Å²) in [6, 6.07) is -3.06. The van der Waals surface area contributed by atoms with Gasteiger partial charge < -0.3 is 107 Å². The van der Waals surface area contributed by atoms with Crippen LogP contribution in [-0.4, -0.2) is 389 Å². The van der Waals surface area contributed by atoms with Crippen molar-refractivity contribution < 1.29 is 182 Å². The van der Waals surface area contributed by atoms with E-state index in [9.17, 15) is 91.4 Å². The minimum atomic E-state index is -1.15. The van der Waals surface area contributed by atoms with Crippen LogP contribution in [0.5, 0.6) is 0 Å². The molecule has 0 unspecified atom stereocenters. The number of hydrogen-bond donors (Lipinski definition) is 6. The number of rotatable bonds is 67. The topological polar surface area (TPSA) is 594 Å². The summed E-state index contributed by atoms with van der Waals surface area (Å²) in [6.45, 7) is 11.6. The van der Waals surface area contributed by atoms with Crippen LogP contribution in [-0.2, 0) is 167 Å². The first-order valence-electron chi connectivity index (χ1n) is 40.7. The number of carbonyl (C=O) groups is 18. The number of carbonyl (C=O) groups excluding carboxylic acids is 16. The maximum Gasteiger partial charge on any atom is 0.355 e. The van der Waals surface area contributed by atoms with E-state index in [2.05, 4.69) is 10.6 Å². The van der Waals surface area contributed by atoms with Gasteiger partial charge in [0, 0.05) is 129 Å². The average molecular weight is 1790 g/mol. The van der Waals surface area contributed by atoms with Gasteiger partial charge >= 0.3 is 23.9 Å². The zero-order chi connectivity index (χ0) is 92.2. The molecule has 6 heterocycles. The Kier molecular flexibility index (Phi) is 62.6. The molecule has 3 atom stereocenters. The molecule has 3 fully saturated rings. The third kappa shape index (κ3) is 52.7. The number of carboxylic acid groups (broad SMARTS) is 2. The summed E-state index contributed by atoms with van der Waals surface area (Å²) in [4.78, 5) is 219. The number of nitrogens with two attached hydrogens (primary N) is 1. The van der Waals surface area contributed by atoms with Crippen molar-refractivity contribution >= 4 is 107 Å². The number of carboxylic acids is 2. The lowest BCUT2D eigenvalue weighted by Crippen LogP contribution is -2.45. The SMILES string of the molecule is COCCOCCOCCOCCOCCC(=O)N[C@@H](CCCCN1C(=O)C=CC1=O)C(=O)O.COCCOCCOCCOCCOCCC(=O)N[C@@H](CCCCN1C(=O)C=CC1=O)C(=O)ON1C(=O)CCC1=O.COCCOCCOCCOCCOCCC(=O)ON1C(=O)CCC1=O.N[C@@H](CCCCN1C(=O)C=CC1=O)C(=O)O.O=C1CCC(=O)N1O. The van der Waals surface area contributed by atoms with Crippen LogP contribution < -0.4 is 16.4 Å². The minimum absolute atomic E-state index is 0.0262. The van der Waals surface area contributed by atoms with E-state index in [1.54, 1.807) is 21.3 Å². The van der Waals surface area contributed by atoms with Gasteiger partial charge in [0.05, 0.1) is 185 Å². The number of nitrogens with zero attached hydrogens (tertiary/aromatic N) is 6. The second-order valence-electron chi connectivity index (χ2n) is 26.7. The quantitative estimate of drug-likeness (QED) is 0.0213. The third-order valence-corrected chi connectivity index (χ3v) is 17.1. The van der Waals surface area contributed by atoms with Crippen molar-refractivity contribution in [2.75, 3.05) is 219 Å². The molecule has 3 saturated heterocycles. The molecule has 7 N–H and O–H groups in total. The largest absolute Gasteiger partial charge is 0.480 e. The van der Waals surface area contributed by atoms with Gasteiger partial charge in [-0.1, -0.05) is 0 Å². The van der Waals surface area contributed by atoms with Crippen LogP contribution in [0.3, 0.4) is 0 Å². The van der Waals surface area contributed by atoms with E-state index in [0.717, 1.165) is 14.7 Å². The molecule has 6 aliphatic heterocycles. The van der Waals surface area contributed by atoms with E-state index in [0.29, 0.717) is 214 Å². The molecule has 0 bridgehead atoms. The van der Waals surface area contributed by atoms with E-state index < -0.39 is 101 Å². The molecule has 0 aliphatic carbocycles. The normalized spacial score (nSPS) is 15.4. The molecule has 0 radical (unpaired) electrons. The predicted molar refractivity (Wildman–Crippen MR) is 423 cm³/mol. The molecule has 0 aromatic rings. The molecule has 6 rings (SSSR count). The van der Waals surface area contributed by atoms with Gasteiger partial charge in [0.25, 0.3) is 70.9 Å². The number of ether oxygens (including phenoxy) is 15. The first-order chi connectivity index (χ1) is 60.2. The number of amides is 14. The third-order valence-electron chi connectivity index (χ3n) is 17.1. The second-order valence-corrected chi connectivity index (χ2v) is 26.7. The lowest BCUT2D eigenvalue weighted by atomic mass is 10.1. The van der Waals surface area contributed by atoms with E-state index in [1.807, 2.05) is 0 Å². The molecule has 47 heteroatoms. The van der Waals surface area contributed by atoms with Crippen molar-refractivity contribution in [3.63, 3.8) is 0 Å². The van der Waals surface area contributed by atoms with Crippen molar-refractivity contribution in [3.05, 3.63) is 36.5 Å². The van der Waals surface area contributed by atoms with Crippen LogP contribution in [0, 0.1) is 0 Å². The highest BCUT2D eigenvalue weighted by Gasteiger charge is 2.37. The maximum atomic E-state index is 12.7. The first kappa shape index (κ1) is 111. The number of unbranched alkanes of at least 4 members (excludes halogenated alkanes) is 3. The molecule has 0 saturated carbocycles. The van der Waals surface area contributed by atoms with Crippen LogP contribution in [0.25, 0.3) is 0 Å². The average Bonchev–Trinajstić information content (AvgIpc) is 1.77. The molecule has 706 valence electrons. The van der Waals surface area contributed by atoms with E-state index in [1.165, 1.54) is 36.5 Å². The van der Waals surface area contributed by atoms with Crippen molar-refractivity contribution in [3.8, 4) is 0 Å². The number of aliphatic carboxylic acids is 2. The number of nitrogens with one attached hydrogen (secondary N) is 2. The zero-order valence-electron chi connectivity index (χ0n) is 71.0. The van der Waals surface area contributed by atoms with E-state index >= 15 is 0 Å². The summed E-state index contributed by atoms with van der Waals surface area (Å²) in [5.41, 5.74) is 5.31. The second kappa shape index (κ2) is 70.4.